The highest BCUT2D eigenvalue weighted by Crippen LogP contribution is 2.46. The third-order valence-electron chi connectivity index (χ3n) is 11.7. The summed E-state index contributed by atoms with van der Waals surface area (Å²) in [6, 6.07) is 62.6. The Bertz CT molecular complexity index is 3290. The zero-order valence-electron chi connectivity index (χ0n) is 28.0. The van der Waals surface area contributed by atoms with Crippen LogP contribution in [0.1, 0.15) is 0 Å². The van der Waals surface area contributed by atoms with Gasteiger partial charge in [0.25, 0.3) is 0 Å². The number of hydrogen-bond donors (Lipinski definition) is 0. The first-order valence-electron chi connectivity index (χ1n) is 18.0. The first kappa shape index (κ1) is 26.8. The van der Waals surface area contributed by atoms with Crippen molar-refractivity contribution in [2.45, 2.75) is 0 Å². The minimum absolute atomic E-state index is 1.20. The molecule has 0 amide bonds. The Balaban J connectivity index is 1.26. The molecule has 8 aromatic carbocycles. The van der Waals surface area contributed by atoms with Gasteiger partial charge in [-0.15, -0.1) is 0 Å². The van der Waals surface area contributed by atoms with E-state index in [0.717, 1.165) is 0 Å². The third kappa shape index (κ3) is 3.07. The lowest BCUT2D eigenvalue weighted by Crippen LogP contribution is -2.01. The smallest absolute Gasteiger partial charge is 0.0804 e. The van der Waals surface area contributed by atoms with Crippen molar-refractivity contribution in [3.63, 3.8) is 0 Å². The van der Waals surface area contributed by atoms with E-state index in [1.54, 1.807) is 0 Å². The Labute approximate surface area is 296 Å². The van der Waals surface area contributed by atoms with Crippen LogP contribution in [-0.4, -0.2) is 17.9 Å². The molecule has 5 aromatic heterocycles. The van der Waals surface area contributed by atoms with Gasteiger partial charge >= 0.3 is 0 Å². The maximum absolute atomic E-state index is 2.54. The van der Waals surface area contributed by atoms with Crippen LogP contribution in [0.5, 0.6) is 0 Å². The van der Waals surface area contributed by atoms with E-state index in [9.17, 15) is 0 Å². The number of para-hydroxylation sites is 6. The molecule has 0 saturated carbocycles. The first-order chi connectivity index (χ1) is 25.9. The van der Waals surface area contributed by atoms with Crippen molar-refractivity contribution in [1.82, 2.24) is 17.9 Å². The van der Waals surface area contributed by atoms with Gasteiger partial charge in [-0.3, -0.25) is 0 Å². The van der Waals surface area contributed by atoms with Gasteiger partial charge in [0.15, 0.2) is 0 Å². The number of fused-ring (bicyclic) bond motifs is 14. The predicted molar refractivity (Wildman–Crippen MR) is 218 cm³/mol. The lowest BCUT2D eigenvalue weighted by atomic mass is 10.1. The summed E-state index contributed by atoms with van der Waals surface area (Å²) in [6.45, 7) is 0. The van der Waals surface area contributed by atoms with Crippen LogP contribution in [0.25, 0.3) is 110 Å². The van der Waals surface area contributed by atoms with E-state index in [1.165, 1.54) is 110 Å². The summed E-state index contributed by atoms with van der Waals surface area (Å²) in [5.74, 6) is 0. The molecule has 0 fully saturated rings. The number of hydrogen-bond acceptors (Lipinski definition) is 0. The van der Waals surface area contributed by atoms with Gasteiger partial charge in [0, 0.05) is 43.1 Å². The molecule has 13 rings (SSSR count). The molecule has 4 nitrogen and oxygen atoms in total. The SMILES string of the molecule is c1ccc2c(c1)c1ccccc1n2-c1ccc2c3c1c1ccccc1n3c1ccc(-n3c4ccccc4c4ccccc43)c3c4ccccc4n2c31. The molecule has 240 valence electrons. The van der Waals surface area contributed by atoms with Gasteiger partial charge in [0.2, 0.25) is 0 Å². The van der Waals surface area contributed by atoms with Gasteiger partial charge in [0.05, 0.1) is 66.5 Å². The average molecular weight is 661 g/mol. The molecule has 0 unspecified atom stereocenters. The van der Waals surface area contributed by atoms with E-state index in [4.69, 9.17) is 0 Å². The molecule has 5 heterocycles. The Morgan fingerprint density at radius 2 is 0.519 bits per heavy atom. The second-order valence-corrected chi connectivity index (χ2v) is 14.1. The highest BCUT2D eigenvalue weighted by atomic mass is 15.0. The van der Waals surface area contributed by atoms with E-state index in [-0.39, 0.29) is 0 Å². The second kappa shape index (κ2) is 9.39. The van der Waals surface area contributed by atoms with Crippen LogP contribution in [0, 0.1) is 0 Å². The third-order valence-corrected chi connectivity index (χ3v) is 11.7. The van der Waals surface area contributed by atoms with E-state index >= 15 is 0 Å². The summed E-state index contributed by atoms with van der Waals surface area (Å²) in [4.78, 5) is 0. The molecule has 0 N–H and O–H groups in total. The minimum atomic E-state index is 1.20. The van der Waals surface area contributed by atoms with Crippen molar-refractivity contribution in [3.8, 4) is 11.4 Å². The fraction of sp³-hybridized carbons (Fsp3) is 0. The van der Waals surface area contributed by atoms with Crippen molar-refractivity contribution in [3.05, 3.63) is 170 Å². The maximum atomic E-state index is 2.54. The Kier molecular flexibility index (Phi) is 4.83. The molecule has 0 atom stereocenters. The Hall–Kier alpha value is -7.04. The van der Waals surface area contributed by atoms with Crippen molar-refractivity contribution in [2.24, 2.45) is 0 Å². The van der Waals surface area contributed by atoms with Crippen LogP contribution in [-0.2, 0) is 0 Å². The largest absolute Gasteiger partial charge is 0.309 e. The van der Waals surface area contributed by atoms with Gasteiger partial charge in [-0.2, -0.15) is 0 Å². The summed E-state index contributed by atoms with van der Waals surface area (Å²) < 4.78 is 10.0. The Morgan fingerprint density at radius 3 is 0.865 bits per heavy atom. The van der Waals surface area contributed by atoms with Crippen LogP contribution in [0.4, 0.5) is 0 Å². The first-order valence-corrected chi connectivity index (χ1v) is 18.0. The molecule has 0 aliphatic carbocycles. The molecule has 0 aliphatic heterocycles. The summed E-state index contributed by atoms with van der Waals surface area (Å²) >= 11 is 0. The van der Waals surface area contributed by atoms with Gasteiger partial charge in [-0.25, -0.2) is 0 Å². The maximum Gasteiger partial charge on any atom is 0.0804 e. The van der Waals surface area contributed by atoms with Crippen LogP contribution in [0.15, 0.2) is 170 Å². The standard InChI is InChI=1S/C48H28N4/c1-7-19-35-29(13-1)30-14-2-8-20-36(30)49(35)41-25-27-43-47-45(41)33-17-5-11-23-39(33)51(47)44-28-26-42(46-34-18-6-12-24-40(34)52(43)48(44)46)50-37-21-9-3-15-31(37)32-16-4-10-22-38(32)50/h1-28H. The normalized spacial score (nSPS) is 12.6. The van der Waals surface area contributed by atoms with E-state index < -0.39 is 0 Å². The quantitative estimate of drug-likeness (QED) is 0.164. The molecular formula is C48H28N4. The van der Waals surface area contributed by atoms with Crippen LogP contribution in [0.2, 0.25) is 0 Å². The van der Waals surface area contributed by atoms with Gasteiger partial charge in [-0.05, 0) is 60.7 Å². The fourth-order valence-corrected chi connectivity index (χ4v) is 9.72. The molecule has 0 radical (unpaired) electrons. The lowest BCUT2D eigenvalue weighted by Gasteiger charge is -2.16. The molecular weight excluding hydrogens is 633 g/mol. The topological polar surface area (TPSA) is 18.7 Å². The zero-order valence-corrected chi connectivity index (χ0v) is 28.0. The number of benzene rings is 8. The van der Waals surface area contributed by atoms with E-state index in [2.05, 4.69) is 188 Å². The number of aromatic nitrogens is 4. The summed E-state index contributed by atoms with van der Waals surface area (Å²) in [7, 11) is 0. The van der Waals surface area contributed by atoms with Gasteiger partial charge < -0.3 is 17.9 Å². The van der Waals surface area contributed by atoms with Crippen LogP contribution >= 0.6 is 0 Å². The zero-order chi connectivity index (χ0) is 33.7. The van der Waals surface area contributed by atoms with Crippen LogP contribution in [0.3, 0.4) is 0 Å². The summed E-state index contributed by atoms with van der Waals surface area (Å²) in [5.41, 5.74) is 14.6. The van der Waals surface area contributed by atoms with Gasteiger partial charge in [0.1, 0.15) is 0 Å². The van der Waals surface area contributed by atoms with Crippen molar-refractivity contribution in [1.29, 1.82) is 0 Å². The monoisotopic (exact) mass is 660 g/mol. The predicted octanol–water partition coefficient (Wildman–Crippen LogP) is 12.4. The average Bonchev–Trinajstić information content (AvgIpc) is 3.94. The fourth-order valence-electron chi connectivity index (χ4n) is 9.72. The highest BCUT2D eigenvalue weighted by molar-refractivity contribution is 6.26. The van der Waals surface area contributed by atoms with Crippen molar-refractivity contribution < 1.29 is 0 Å². The second-order valence-electron chi connectivity index (χ2n) is 14.1. The van der Waals surface area contributed by atoms with Crippen molar-refractivity contribution in [2.75, 3.05) is 0 Å². The number of rotatable bonds is 2. The minimum Gasteiger partial charge on any atom is -0.309 e. The summed E-state index contributed by atoms with van der Waals surface area (Å²) in [5, 5.41) is 10.1. The summed E-state index contributed by atoms with van der Waals surface area (Å²) in [6.07, 6.45) is 0. The molecule has 0 saturated heterocycles. The molecule has 52 heavy (non-hydrogen) atoms. The number of nitrogens with zero attached hydrogens (tertiary/aromatic N) is 4. The van der Waals surface area contributed by atoms with E-state index in [1.807, 2.05) is 0 Å². The van der Waals surface area contributed by atoms with Crippen molar-refractivity contribution >= 4 is 98.3 Å². The molecule has 0 spiro atoms. The lowest BCUT2D eigenvalue weighted by molar-refractivity contribution is 1.18. The molecule has 0 aliphatic rings. The van der Waals surface area contributed by atoms with Crippen LogP contribution < -0.4 is 0 Å². The Morgan fingerprint density at radius 1 is 0.231 bits per heavy atom. The van der Waals surface area contributed by atoms with E-state index in [0.29, 0.717) is 0 Å². The van der Waals surface area contributed by atoms with Gasteiger partial charge in [-0.1, -0.05) is 109 Å². The molecule has 4 heteroatoms. The molecule has 13 aromatic rings. The molecule has 0 bridgehead atoms. The highest BCUT2D eigenvalue weighted by Gasteiger charge is 2.26.